The molecule has 0 spiro atoms. The average molecular weight is 369 g/mol. The summed E-state index contributed by atoms with van der Waals surface area (Å²) in [5.41, 5.74) is 4.75. The zero-order valence-corrected chi connectivity index (χ0v) is 14.9. The largest absolute Gasteiger partial charge is 0.507 e. The lowest BCUT2D eigenvalue weighted by Gasteiger charge is -2.11. The topological polar surface area (TPSA) is 102 Å². The van der Waals surface area contributed by atoms with Crippen LogP contribution in [0.25, 0.3) is 33.1 Å². The summed E-state index contributed by atoms with van der Waals surface area (Å²) in [6, 6.07) is 9.27. The van der Waals surface area contributed by atoms with E-state index in [9.17, 15) is 5.11 Å². The predicted molar refractivity (Wildman–Crippen MR) is 106 cm³/mol. The van der Waals surface area contributed by atoms with Crippen molar-refractivity contribution in [2.75, 3.05) is 5.32 Å². The first-order valence-corrected chi connectivity index (χ1v) is 8.62. The lowest BCUT2D eigenvalue weighted by molar-refractivity contribution is 0.482. The second-order valence-electron chi connectivity index (χ2n) is 6.40. The highest BCUT2D eigenvalue weighted by Gasteiger charge is 2.13. The number of aryl methyl sites for hydroxylation is 1. The van der Waals surface area contributed by atoms with Crippen LogP contribution in [0.15, 0.2) is 61.4 Å². The van der Waals surface area contributed by atoms with Gasteiger partial charge >= 0.3 is 0 Å². The van der Waals surface area contributed by atoms with Crippen LogP contribution in [0.1, 0.15) is 0 Å². The van der Waals surface area contributed by atoms with Gasteiger partial charge in [0.05, 0.1) is 28.1 Å². The highest BCUT2D eigenvalue weighted by Crippen LogP contribution is 2.35. The number of nitrogens with one attached hydrogen (secondary N) is 1. The molecule has 2 N–H and O–H groups in total. The van der Waals surface area contributed by atoms with Crippen LogP contribution in [0.4, 0.5) is 11.5 Å². The number of phenols is 1. The summed E-state index contributed by atoms with van der Waals surface area (Å²) < 4.78 is 1.71. The van der Waals surface area contributed by atoms with E-state index in [2.05, 4.69) is 30.4 Å². The molecule has 0 unspecified atom stereocenters. The smallest absolute Gasteiger partial charge is 0.145 e. The second-order valence-corrected chi connectivity index (χ2v) is 6.40. The fraction of sp³-hybridized carbons (Fsp3) is 0.0500. The molecule has 0 saturated heterocycles. The maximum Gasteiger partial charge on any atom is 0.145 e. The molecule has 8 heteroatoms. The zero-order chi connectivity index (χ0) is 19.1. The summed E-state index contributed by atoms with van der Waals surface area (Å²) in [5.74, 6) is 0.614. The van der Waals surface area contributed by atoms with E-state index in [0.29, 0.717) is 16.7 Å². The molecular formula is C20H15N7O. The first kappa shape index (κ1) is 16.1. The van der Waals surface area contributed by atoms with Gasteiger partial charge in [-0.25, -0.2) is 9.97 Å². The van der Waals surface area contributed by atoms with Crippen LogP contribution in [-0.2, 0) is 7.05 Å². The van der Waals surface area contributed by atoms with Gasteiger partial charge in [0.25, 0.3) is 0 Å². The Hall–Kier alpha value is -4.07. The number of fused-ring (bicyclic) bond motifs is 2. The molecule has 8 nitrogen and oxygen atoms in total. The number of anilines is 2. The van der Waals surface area contributed by atoms with Crippen LogP contribution in [0.2, 0.25) is 0 Å². The van der Waals surface area contributed by atoms with Crippen LogP contribution < -0.4 is 5.32 Å². The average Bonchev–Trinajstić information content (AvgIpc) is 3.14. The SMILES string of the molecule is Cn1cc(-c2cc(O)c3c(Nc4ccc5nccnc5c4)ncnc3c2)cn1. The molecular weight excluding hydrogens is 354 g/mol. The molecule has 5 aromatic rings. The van der Waals surface area contributed by atoms with Crippen LogP contribution in [-0.4, -0.2) is 34.8 Å². The predicted octanol–water partition coefficient (Wildman–Crippen LogP) is 3.42. The number of aromatic nitrogens is 6. The summed E-state index contributed by atoms with van der Waals surface area (Å²) in [6.45, 7) is 0. The van der Waals surface area contributed by atoms with Gasteiger partial charge in [0, 0.05) is 36.9 Å². The molecule has 3 heterocycles. The molecule has 0 saturated carbocycles. The molecule has 3 aromatic heterocycles. The Bertz CT molecular complexity index is 1330. The van der Waals surface area contributed by atoms with Crippen molar-refractivity contribution in [3.63, 3.8) is 0 Å². The molecule has 2 aromatic carbocycles. The van der Waals surface area contributed by atoms with Gasteiger partial charge in [0.2, 0.25) is 0 Å². The molecule has 5 rings (SSSR count). The summed E-state index contributed by atoms with van der Waals surface area (Å²) in [4.78, 5) is 17.2. The molecule has 0 bridgehead atoms. The van der Waals surface area contributed by atoms with Gasteiger partial charge in [-0.1, -0.05) is 0 Å². The molecule has 0 atom stereocenters. The molecule has 136 valence electrons. The Kier molecular flexibility index (Phi) is 3.61. The van der Waals surface area contributed by atoms with Crippen LogP contribution >= 0.6 is 0 Å². The number of hydrogen-bond acceptors (Lipinski definition) is 7. The Balaban J connectivity index is 1.59. The fourth-order valence-electron chi connectivity index (χ4n) is 3.18. The lowest BCUT2D eigenvalue weighted by atomic mass is 10.1. The minimum atomic E-state index is 0.0973. The van der Waals surface area contributed by atoms with Gasteiger partial charge < -0.3 is 10.4 Å². The molecule has 28 heavy (non-hydrogen) atoms. The number of aromatic hydroxyl groups is 1. The van der Waals surface area contributed by atoms with E-state index in [0.717, 1.165) is 27.8 Å². The quantitative estimate of drug-likeness (QED) is 0.502. The molecule has 0 fully saturated rings. The number of rotatable bonds is 3. The third kappa shape index (κ3) is 2.77. The normalized spacial score (nSPS) is 11.2. The standard InChI is InChI=1S/C20H15N7O/c1-27-10-13(9-25-27)12-6-17-19(18(28)7-12)20(24-11-23-17)26-14-2-3-15-16(8-14)22-5-4-21-15/h2-11,28H,1H3,(H,23,24,26). The summed E-state index contributed by atoms with van der Waals surface area (Å²) >= 11 is 0. The molecule has 0 aliphatic heterocycles. The Labute approximate surface area is 159 Å². The Morgan fingerprint density at radius 1 is 0.893 bits per heavy atom. The van der Waals surface area contributed by atoms with Crippen LogP contribution in [0.5, 0.6) is 5.75 Å². The van der Waals surface area contributed by atoms with Gasteiger partial charge in [-0.3, -0.25) is 14.6 Å². The molecule has 0 radical (unpaired) electrons. The number of benzene rings is 2. The third-order valence-electron chi connectivity index (χ3n) is 4.49. The van der Waals surface area contributed by atoms with E-state index >= 15 is 0 Å². The highest BCUT2D eigenvalue weighted by atomic mass is 16.3. The number of hydrogen-bond donors (Lipinski definition) is 2. The van der Waals surface area contributed by atoms with Crippen LogP contribution in [0.3, 0.4) is 0 Å². The van der Waals surface area contributed by atoms with Crippen molar-refractivity contribution in [3.05, 3.63) is 61.4 Å². The molecule has 0 amide bonds. The zero-order valence-electron chi connectivity index (χ0n) is 14.9. The number of phenolic OH excluding ortho intramolecular Hbond substituents is 1. The van der Waals surface area contributed by atoms with E-state index in [1.165, 1.54) is 6.33 Å². The highest BCUT2D eigenvalue weighted by molar-refractivity contribution is 5.98. The van der Waals surface area contributed by atoms with Gasteiger partial charge in [-0.2, -0.15) is 5.10 Å². The maximum absolute atomic E-state index is 10.7. The summed E-state index contributed by atoms with van der Waals surface area (Å²) in [7, 11) is 1.85. The van der Waals surface area contributed by atoms with Gasteiger partial charge in [0.15, 0.2) is 0 Å². The summed E-state index contributed by atoms with van der Waals surface area (Å²) in [5, 5.41) is 18.7. The number of nitrogens with zero attached hydrogens (tertiary/aromatic N) is 6. The Morgan fingerprint density at radius 2 is 1.75 bits per heavy atom. The van der Waals surface area contributed by atoms with E-state index in [-0.39, 0.29) is 5.75 Å². The fourth-order valence-corrected chi connectivity index (χ4v) is 3.18. The minimum Gasteiger partial charge on any atom is -0.507 e. The molecule has 0 aliphatic carbocycles. The third-order valence-corrected chi connectivity index (χ3v) is 4.49. The minimum absolute atomic E-state index is 0.0973. The van der Waals surface area contributed by atoms with Crippen molar-refractivity contribution >= 4 is 33.4 Å². The first-order valence-electron chi connectivity index (χ1n) is 8.62. The van der Waals surface area contributed by atoms with Crippen molar-refractivity contribution in [3.8, 4) is 16.9 Å². The van der Waals surface area contributed by atoms with E-state index in [4.69, 9.17) is 0 Å². The Morgan fingerprint density at radius 3 is 2.57 bits per heavy atom. The maximum atomic E-state index is 10.7. The van der Waals surface area contributed by atoms with E-state index < -0.39 is 0 Å². The van der Waals surface area contributed by atoms with Gasteiger partial charge in [0.1, 0.15) is 17.9 Å². The van der Waals surface area contributed by atoms with E-state index in [1.807, 2.05) is 37.5 Å². The lowest BCUT2D eigenvalue weighted by Crippen LogP contribution is -1.97. The molecule has 0 aliphatic rings. The van der Waals surface area contributed by atoms with Gasteiger partial charge in [-0.15, -0.1) is 0 Å². The second kappa shape index (κ2) is 6.27. The van der Waals surface area contributed by atoms with Crippen molar-refractivity contribution < 1.29 is 5.11 Å². The monoisotopic (exact) mass is 369 g/mol. The van der Waals surface area contributed by atoms with Crippen molar-refractivity contribution in [1.82, 2.24) is 29.7 Å². The van der Waals surface area contributed by atoms with Crippen LogP contribution in [0, 0.1) is 0 Å². The van der Waals surface area contributed by atoms with E-state index in [1.54, 1.807) is 29.3 Å². The van der Waals surface area contributed by atoms with Gasteiger partial charge in [-0.05, 0) is 35.9 Å². The summed E-state index contributed by atoms with van der Waals surface area (Å²) in [6.07, 6.45) is 8.41. The van der Waals surface area contributed by atoms with Crippen molar-refractivity contribution in [2.45, 2.75) is 0 Å². The van der Waals surface area contributed by atoms with Crippen molar-refractivity contribution in [2.24, 2.45) is 7.05 Å². The first-order chi connectivity index (χ1) is 13.7. The van der Waals surface area contributed by atoms with Crippen molar-refractivity contribution in [1.29, 1.82) is 0 Å².